The van der Waals surface area contributed by atoms with Crippen molar-refractivity contribution in [1.82, 2.24) is 24.7 Å². The van der Waals surface area contributed by atoms with E-state index in [1.54, 1.807) is 0 Å². The van der Waals surface area contributed by atoms with Crippen LogP contribution in [0.1, 0.15) is 43.0 Å². The summed E-state index contributed by atoms with van der Waals surface area (Å²) in [4.78, 5) is 15.9. The first-order chi connectivity index (χ1) is 13.1. The zero-order valence-corrected chi connectivity index (χ0v) is 16.2. The molecule has 1 fully saturated rings. The first kappa shape index (κ1) is 17.9. The first-order valence-electron chi connectivity index (χ1n) is 9.62. The molecule has 8 nitrogen and oxygen atoms in total. The van der Waals surface area contributed by atoms with Gasteiger partial charge in [0.2, 0.25) is 5.65 Å². The Labute approximate surface area is 158 Å². The maximum atomic E-state index is 5.90. The van der Waals surface area contributed by atoms with Crippen LogP contribution in [0.25, 0.3) is 11.2 Å². The van der Waals surface area contributed by atoms with Gasteiger partial charge in [0, 0.05) is 31.3 Å². The summed E-state index contributed by atoms with van der Waals surface area (Å²) in [5, 5.41) is 4.54. The van der Waals surface area contributed by atoms with Gasteiger partial charge in [0.25, 0.3) is 6.01 Å². The van der Waals surface area contributed by atoms with Gasteiger partial charge in [0.15, 0.2) is 5.58 Å². The largest absolute Gasteiger partial charge is 0.422 e. The third-order valence-electron chi connectivity index (χ3n) is 4.97. The molecule has 0 radical (unpaired) electrons. The minimum absolute atomic E-state index is 0.397. The molecule has 8 heteroatoms. The molecule has 1 aliphatic heterocycles. The molecule has 144 valence electrons. The fraction of sp³-hybridized carbons (Fsp3) is 0.579. The summed E-state index contributed by atoms with van der Waals surface area (Å²) < 4.78 is 13.4. The van der Waals surface area contributed by atoms with Crippen molar-refractivity contribution in [3.8, 4) is 0 Å². The lowest BCUT2D eigenvalue weighted by Gasteiger charge is -2.30. The lowest BCUT2D eigenvalue weighted by atomic mass is 9.96. The summed E-state index contributed by atoms with van der Waals surface area (Å²) >= 11 is 0. The van der Waals surface area contributed by atoms with Crippen molar-refractivity contribution in [2.75, 3.05) is 31.2 Å². The normalized spacial score (nSPS) is 15.7. The Hall–Kier alpha value is -2.48. The molecule has 0 unspecified atom stereocenters. The second kappa shape index (κ2) is 7.64. The van der Waals surface area contributed by atoms with Crippen LogP contribution in [0.4, 0.5) is 6.01 Å². The van der Waals surface area contributed by atoms with Crippen molar-refractivity contribution >= 4 is 17.2 Å². The van der Waals surface area contributed by atoms with Crippen LogP contribution in [0.15, 0.2) is 16.5 Å². The molecule has 0 N–H and O–H groups in total. The Morgan fingerprint density at radius 3 is 2.74 bits per heavy atom. The van der Waals surface area contributed by atoms with Gasteiger partial charge in [-0.3, -0.25) is 0 Å². The van der Waals surface area contributed by atoms with Crippen LogP contribution in [-0.2, 0) is 11.3 Å². The molecule has 1 saturated heterocycles. The molecule has 0 spiro atoms. The molecule has 0 saturated carbocycles. The molecule has 0 atom stereocenters. The van der Waals surface area contributed by atoms with Crippen molar-refractivity contribution in [1.29, 1.82) is 0 Å². The number of aromatic nitrogens is 5. The van der Waals surface area contributed by atoms with Crippen molar-refractivity contribution < 1.29 is 9.15 Å². The molecule has 0 amide bonds. The number of hydrogen-bond acceptors (Lipinski definition) is 7. The summed E-state index contributed by atoms with van der Waals surface area (Å²) in [7, 11) is 0. The third kappa shape index (κ3) is 3.80. The molecule has 3 aromatic rings. The van der Waals surface area contributed by atoms with E-state index in [2.05, 4.69) is 25.0 Å². The van der Waals surface area contributed by atoms with Gasteiger partial charge >= 0.3 is 0 Å². The van der Waals surface area contributed by atoms with Crippen LogP contribution < -0.4 is 4.90 Å². The predicted octanol–water partition coefficient (Wildman–Crippen LogP) is 2.85. The van der Waals surface area contributed by atoms with E-state index < -0.39 is 0 Å². The summed E-state index contributed by atoms with van der Waals surface area (Å²) in [6, 6.07) is 4.54. The Morgan fingerprint density at radius 2 is 1.96 bits per heavy atom. The standard InChI is InChI=1S/C19H26N6O2/c1-4-26-12-11-25-18(21-14(3)23-25)15-7-9-24(10-8-15)19-22-17-16(27-19)6-5-13(2)20-17/h5-6,15H,4,7-12H2,1-3H3. The number of hydrogen-bond donors (Lipinski definition) is 0. The van der Waals surface area contributed by atoms with E-state index in [1.165, 1.54) is 0 Å². The number of aryl methyl sites for hydroxylation is 2. The van der Waals surface area contributed by atoms with E-state index in [4.69, 9.17) is 9.15 Å². The number of rotatable bonds is 6. The number of anilines is 1. The average molecular weight is 370 g/mol. The van der Waals surface area contributed by atoms with Gasteiger partial charge < -0.3 is 14.1 Å². The molecule has 4 rings (SSSR count). The highest BCUT2D eigenvalue weighted by Gasteiger charge is 2.27. The van der Waals surface area contributed by atoms with Crippen LogP contribution in [0.2, 0.25) is 0 Å². The molecule has 3 aromatic heterocycles. The molecule has 0 bridgehead atoms. The minimum Gasteiger partial charge on any atom is -0.422 e. The number of nitrogens with zero attached hydrogens (tertiary/aromatic N) is 6. The van der Waals surface area contributed by atoms with Gasteiger partial charge in [-0.1, -0.05) is 0 Å². The topological polar surface area (TPSA) is 82.1 Å². The van der Waals surface area contributed by atoms with Gasteiger partial charge in [-0.15, -0.1) is 0 Å². The van der Waals surface area contributed by atoms with E-state index in [0.717, 1.165) is 62.0 Å². The lowest BCUT2D eigenvalue weighted by molar-refractivity contribution is 0.135. The Morgan fingerprint density at radius 1 is 1.15 bits per heavy atom. The zero-order valence-electron chi connectivity index (χ0n) is 16.2. The number of fused-ring (bicyclic) bond motifs is 1. The third-order valence-corrected chi connectivity index (χ3v) is 4.97. The smallest absolute Gasteiger partial charge is 0.299 e. The average Bonchev–Trinajstić information content (AvgIpc) is 3.25. The number of ether oxygens (including phenoxy) is 1. The Bertz CT molecular complexity index is 910. The Kier molecular flexibility index (Phi) is 5.07. The molecular formula is C19H26N6O2. The fourth-order valence-electron chi connectivity index (χ4n) is 3.60. The molecule has 27 heavy (non-hydrogen) atoms. The van der Waals surface area contributed by atoms with Crippen LogP contribution >= 0.6 is 0 Å². The predicted molar refractivity (Wildman–Crippen MR) is 102 cm³/mol. The number of pyridine rings is 1. The highest BCUT2D eigenvalue weighted by molar-refractivity contribution is 5.70. The first-order valence-corrected chi connectivity index (χ1v) is 9.62. The Balaban J connectivity index is 1.44. The van der Waals surface area contributed by atoms with E-state index in [1.807, 2.05) is 37.6 Å². The number of piperidine rings is 1. The highest BCUT2D eigenvalue weighted by Crippen LogP contribution is 2.30. The van der Waals surface area contributed by atoms with Crippen LogP contribution in [-0.4, -0.2) is 51.0 Å². The van der Waals surface area contributed by atoms with Gasteiger partial charge in [-0.2, -0.15) is 10.1 Å². The molecule has 0 aromatic carbocycles. The summed E-state index contributed by atoms with van der Waals surface area (Å²) in [6.45, 7) is 9.82. The van der Waals surface area contributed by atoms with E-state index in [0.29, 0.717) is 24.2 Å². The van der Waals surface area contributed by atoms with Gasteiger partial charge in [-0.25, -0.2) is 14.6 Å². The maximum absolute atomic E-state index is 5.90. The molecule has 4 heterocycles. The van der Waals surface area contributed by atoms with E-state index in [9.17, 15) is 0 Å². The maximum Gasteiger partial charge on any atom is 0.299 e. The van der Waals surface area contributed by atoms with Crippen LogP contribution in [0.3, 0.4) is 0 Å². The molecule has 0 aliphatic carbocycles. The van der Waals surface area contributed by atoms with Gasteiger partial charge in [0.05, 0.1) is 13.2 Å². The molecule has 1 aliphatic rings. The fourth-order valence-corrected chi connectivity index (χ4v) is 3.60. The van der Waals surface area contributed by atoms with Crippen molar-refractivity contribution in [3.63, 3.8) is 0 Å². The van der Waals surface area contributed by atoms with Crippen molar-refractivity contribution in [2.24, 2.45) is 0 Å². The van der Waals surface area contributed by atoms with E-state index >= 15 is 0 Å². The number of oxazole rings is 1. The lowest BCUT2D eigenvalue weighted by Crippen LogP contribution is -2.34. The zero-order chi connectivity index (χ0) is 18.8. The monoisotopic (exact) mass is 370 g/mol. The summed E-state index contributed by atoms with van der Waals surface area (Å²) in [5.74, 6) is 2.29. The minimum atomic E-state index is 0.397. The highest BCUT2D eigenvalue weighted by atomic mass is 16.5. The summed E-state index contributed by atoms with van der Waals surface area (Å²) in [5.41, 5.74) is 2.37. The van der Waals surface area contributed by atoms with Crippen molar-refractivity contribution in [2.45, 2.75) is 46.1 Å². The van der Waals surface area contributed by atoms with Crippen LogP contribution in [0, 0.1) is 13.8 Å². The quantitative estimate of drug-likeness (QED) is 0.617. The van der Waals surface area contributed by atoms with Crippen molar-refractivity contribution in [3.05, 3.63) is 29.5 Å². The van der Waals surface area contributed by atoms with Gasteiger partial charge in [-0.05, 0) is 45.7 Å². The van der Waals surface area contributed by atoms with Gasteiger partial charge in [0.1, 0.15) is 11.6 Å². The van der Waals surface area contributed by atoms with Crippen LogP contribution in [0.5, 0.6) is 0 Å². The van der Waals surface area contributed by atoms with E-state index in [-0.39, 0.29) is 0 Å². The second-order valence-electron chi connectivity index (χ2n) is 6.97. The summed E-state index contributed by atoms with van der Waals surface area (Å²) in [6.07, 6.45) is 2.00. The SMILES string of the molecule is CCOCCn1nc(C)nc1C1CCN(c2nc3nc(C)ccc3o2)CC1. The second-order valence-corrected chi connectivity index (χ2v) is 6.97. The molecular weight excluding hydrogens is 344 g/mol.